The number of ether oxygens (including phenoxy) is 1. The summed E-state index contributed by atoms with van der Waals surface area (Å²) in [6, 6.07) is 11.7. The normalized spacial score (nSPS) is 16.5. The van der Waals surface area contributed by atoms with Crippen LogP contribution in [0.3, 0.4) is 0 Å². The monoisotopic (exact) mass is 304 g/mol. The van der Waals surface area contributed by atoms with Gasteiger partial charge in [0.05, 0.1) is 5.56 Å². The molecule has 1 N–H and O–H groups in total. The van der Waals surface area contributed by atoms with Gasteiger partial charge in [-0.25, -0.2) is 9.18 Å². The summed E-state index contributed by atoms with van der Waals surface area (Å²) >= 11 is 1.74. The highest BCUT2D eigenvalue weighted by atomic mass is 32.2. The van der Waals surface area contributed by atoms with Crippen LogP contribution < -0.4 is 4.74 Å². The molecule has 1 atom stereocenters. The molecule has 5 heteroatoms. The van der Waals surface area contributed by atoms with Crippen LogP contribution in [0.25, 0.3) is 0 Å². The Kier molecular flexibility index (Phi) is 3.84. The van der Waals surface area contributed by atoms with Crippen LogP contribution in [0, 0.1) is 5.82 Å². The molecule has 0 amide bonds. The predicted molar refractivity (Wildman–Crippen MR) is 78.6 cm³/mol. The number of benzene rings is 2. The van der Waals surface area contributed by atoms with Crippen molar-refractivity contribution in [2.75, 3.05) is 6.61 Å². The van der Waals surface area contributed by atoms with Crippen LogP contribution in [0.2, 0.25) is 0 Å². The fourth-order valence-electron chi connectivity index (χ4n) is 2.31. The van der Waals surface area contributed by atoms with E-state index in [1.807, 2.05) is 12.1 Å². The lowest BCUT2D eigenvalue weighted by Crippen LogP contribution is -2.13. The Labute approximate surface area is 125 Å². The average Bonchev–Trinajstić information content (AvgIpc) is 2.87. The van der Waals surface area contributed by atoms with Crippen molar-refractivity contribution < 1.29 is 19.0 Å². The minimum absolute atomic E-state index is 0.104. The molecule has 0 radical (unpaired) electrons. The number of rotatable bonds is 4. The highest BCUT2D eigenvalue weighted by Gasteiger charge is 2.22. The van der Waals surface area contributed by atoms with Gasteiger partial charge in [-0.05, 0) is 30.2 Å². The van der Waals surface area contributed by atoms with E-state index in [1.54, 1.807) is 11.8 Å². The van der Waals surface area contributed by atoms with Crippen LogP contribution >= 0.6 is 11.8 Å². The molecule has 108 valence electrons. The van der Waals surface area contributed by atoms with Crippen LogP contribution in [0.15, 0.2) is 47.4 Å². The van der Waals surface area contributed by atoms with Crippen molar-refractivity contribution in [2.45, 2.75) is 16.6 Å². The summed E-state index contributed by atoms with van der Waals surface area (Å²) in [7, 11) is 0. The smallest absolute Gasteiger partial charge is 0.335 e. The Bertz CT molecular complexity index is 662. The molecule has 2 aromatic rings. The quantitative estimate of drug-likeness (QED) is 0.937. The minimum atomic E-state index is -1.16. The van der Waals surface area contributed by atoms with E-state index in [1.165, 1.54) is 22.6 Å². The van der Waals surface area contributed by atoms with Crippen molar-refractivity contribution in [1.82, 2.24) is 0 Å². The summed E-state index contributed by atoms with van der Waals surface area (Å²) in [5.41, 5.74) is 1.19. The van der Waals surface area contributed by atoms with Gasteiger partial charge >= 0.3 is 5.97 Å². The van der Waals surface area contributed by atoms with E-state index in [4.69, 9.17) is 9.84 Å². The molecule has 0 aromatic heterocycles. The van der Waals surface area contributed by atoms with Gasteiger partial charge in [0.15, 0.2) is 0 Å². The molecule has 0 fully saturated rings. The molecule has 2 aromatic carbocycles. The van der Waals surface area contributed by atoms with E-state index < -0.39 is 11.8 Å². The first kappa shape index (κ1) is 13.9. The van der Waals surface area contributed by atoms with Gasteiger partial charge in [-0.2, -0.15) is 0 Å². The van der Waals surface area contributed by atoms with E-state index >= 15 is 0 Å². The molecule has 1 aliphatic rings. The summed E-state index contributed by atoms with van der Waals surface area (Å²) < 4.78 is 18.9. The van der Waals surface area contributed by atoms with Crippen molar-refractivity contribution in [1.29, 1.82) is 0 Å². The number of carboxylic acid groups (broad SMARTS) is 1. The molecule has 0 spiro atoms. The van der Waals surface area contributed by atoms with Crippen LogP contribution in [0.4, 0.5) is 4.39 Å². The number of thioether (sulfide) groups is 1. The molecule has 0 bridgehead atoms. The lowest BCUT2D eigenvalue weighted by molar-refractivity contribution is 0.0695. The summed E-state index contributed by atoms with van der Waals surface area (Å²) in [6.07, 6.45) is 0.905. The molecular weight excluding hydrogens is 291 g/mol. The Balaban J connectivity index is 1.65. The molecule has 1 unspecified atom stereocenters. The topological polar surface area (TPSA) is 46.5 Å². The van der Waals surface area contributed by atoms with Gasteiger partial charge < -0.3 is 9.84 Å². The summed E-state index contributed by atoms with van der Waals surface area (Å²) in [5.74, 6) is -1.52. The van der Waals surface area contributed by atoms with Crippen molar-refractivity contribution in [3.8, 4) is 5.75 Å². The second kappa shape index (κ2) is 5.77. The summed E-state index contributed by atoms with van der Waals surface area (Å²) in [6.45, 7) is 0.419. The van der Waals surface area contributed by atoms with Gasteiger partial charge in [-0.15, -0.1) is 11.8 Å². The molecule has 3 rings (SSSR count). The fourth-order valence-corrected chi connectivity index (χ4v) is 3.52. The highest BCUT2D eigenvalue weighted by molar-refractivity contribution is 8.00. The molecule has 21 heavy (non-hydrogen) atoms. The number of halogens is 1. The Hall–Kier alpha value is -2.01. The summed E-state index contributed by atoms with van der Waals surface area (Å²) in [4.78, 5) is 12.1. The van der Waals surface area contributed by atoms with Crippen molar-refractivity contribution in [3.05, 3.63) is 59.4 Å². The first-order valence-corrected chi connectivity index (χ1v) is 7.41. The predicted octanol–water partition coefficient (Wildman–Crippen LogP) is 3.62. The second-order valence-electron chi connectivity index (χ2n) is 4.84. The van der Waals surface area contributed by atoms with Crippen LogP contribution in [-0.2, 0) is 6.42 Å². The third kappa shape index (κ3) is 3.19. The molecule has 1 heterocycles. The van der Waals surface area contributed by atoms with Crippen molar-refractivity contribution >= 4 is 17.7 Å². The van der Waals surface area contributed by atoms with Gasteiger partial charge in [0.2, 0.25) is 0 Å². The van der Waals surface area contributed by atoms with E-state index in [0.29, 0.717) is 6.61 Å². The van der Waals surface area contributed by atoms with E-state index in [9.17, 15) is 9.18 Å². The Morgan fingerprint density at radius 2 is 2.14 bits per heavy atom. The van der Waals surface area contributed by atoms with Gasteiger partial charge in [0, 0.05) is 16.2 Å². The first-order valence-electron chi connectivity index (χ1n) is 6.53. The largest absolute Gasteiger partial charge is 0.492 e. The zero-order chi connectivity index (χ0) is 14.8. The van der Waals surface area contributed by atoms with Crippen LogP contribution in [-0.4, -0.2) is 22.9 Å². The Morgan fingerprint density at radius 3 is 2.90 bits per heavy atom. The third-order valence-electron chi connectivity index (χ3n) is 3.27. The van der Waals surface area contributed by atoms with Gasteiger partial charge in [-0.3, -0.25) is 0 Å². The molecule has 0 saturated carbocycles. The van der Waals surface area contributed by atoms with E-state index in [-0.39, 0.29) is 16.6 Å². The lowest BCUT2D eigenvalue weighted by Gasteiger charge is -2.11. The molecule has 3 nitrogen and oxygen atoms in total. The second-order valence-corrected chi connectivity index (χ2v) is 6.19. The number of fused-ring (bicyclic) bond motifs is 1. The van der Waals surface area contributed by atoms with E-state index in [2.05, 4.69) is 12.1 Å². The van der Waals surface area contributed by atoms with E-state index in [0.717, 1.165) is 12.5 Å². The maximum Gasteiger partial charge on any atom is 0.335 e. The molecular formula is C16H13FO3S. The average molecular weight is 304 g/mol. The maximum absolute atomic E-state index is 13.4. The van der Waals surface area contributed by atoms with Gasteiger partial charge in [0.1, 0.15) is 18.2 Å². The van der Waals surface area contributed by atoms with Gasteiger partial charge in [0.25, 0.3) is 0 Å². The third-order valence-corrected chi connectivity index (χ3v) is 4.56. The van der Waals surface area contributed by atoms with Crippen molar-refractivity contribution in [3.63, 3.8) is 0 Å². The number of hydrogen-bond acceptors (Lipinski definition) is 3. The zero-order valence-electron chi connectivity index (χ0n) is 11.1. The summed E-state index contributed by atoms with van der Waals surface area (Å²) in [5, 5.41) is 9.17. The highest BCUT2D eigenvalue weighted by Crippen LogP contribution is 2.36. The Morgan fingerprint density at radius 1 is 1.33 bits per heavy atom. The van der Waals surface area contributed by atoms with Crippen LogP contribution in [0.5, 0.6) is 5.75 Å². The maximum atomic E-state index is 13.4. The number of hydrogen-bond donors (Lipinski definition) is 1. The SMILES string of the molecule is O=C(O)c1cc(F)cc(OCC2Cc3ccccc3S2)c1. The standard InChI is InChI=1S/C16H13FO3S/c17-12-5-11(16(18)19)6-13(8-12)20-9-14-7-10-3-1-2-4-15(10)21-14/h1-6,8,14H,7,9H2,(H,18,19). The molecule has 0 aliphatic carbocycles. The number of carboxylic acids is 1. The molecule has 1 aliphatic heterocycles. The van der Waals surface area contributed by atoms with Crippen LogP contribution in [0.1, 0.15) is 15.9 Å². The minimum Gasteiger partial charge on any atom is -0.492 e. The first-order chi connectivity index (χ1) is 10.1. The number of carbonyl (C=O) groups is 1. The lowest BCUT2D eigenvalue weighted by atomic mass is 10.1. The molecule has 0 saturated heterocycles. The zero-order valence-corrected chi connectivity index (χ0v) is 11.9. The van der Waals surface area contributed by atoms with Gasteiger partial charge in [-0.1, -0.05) is 18.2 Å². The van der Waals surface area contributed by atoms with Crippen molar-refractivity contribution in [2.24, 2.45) is 0 Å². The fraction of sp³-hybridized carbons (Fsp3) is 0.188. The number of aromatic carboxylic acids is 1.